The summed E-state index contributed by atoms with van der Waals surface area (Å²) in [5.74, 6) is -1.09. The topological polar surface area (TPSA) is 126 Å². The summed E-state index contributed by atoms with van der Waals surface area (Å²) in [7, 11) is 0. The summed E-state index contributed by atoms with van der Waals surface area (Å²) >= 11 is 0. The molecule has 0 aliphatic carbocycles. The summed E-state index contributed by atoms with van der Waals surface area (Å²) < 4.78 is 0. The molecule has 2 aromatic rings. The van der Waals surface area contributed by atoms with Gasteiger partial charge in [0.15, 0.2) is 0 Å². The molecule has 1 aromatic carbocycles. The second-order valence-electron chi connectivity index (χ2n) is 6.62. The monoisotopic (exact) mass is 455 g/mol. The highest BCUT2D eigenvalue weighted by molar-refractivity contribution is 5.98. The highest BCUT2D eigenvalue weighted by atomic mass is 35.5. The van der Waals surface area contributed by atoms with E-state index < -0.39 is 11.9 Å². The van der Waals surface area contributed by atoms with Gasteiger partial charge in [-0.1, -0.05) is 26.0 Å². The second-order valence-corrected chi connectivity index (χ2v) is 6.62. The number of rotatable bonds is 8. The van der Waals surface area contributed by atoms with Gasteiger partial charge in [0.1, 0.15) is 0 Å². The molecule has 0 unspecified atom stereocenters. The number of hydrogen-bond acceptors (Lipinski definition) is 5. The van der Waals surface area contributed by atoms with E-state index in [1.54, 1.807) is 36.5 Å². The fraction of sp³-hybridized carbons (Fsp3) is 0.300. The van der Waals surface area contributed by atoms with E-state index in [4.69, 9.17) is 5.73 Å². The Balaban J connectivity index is 0.00000420. The molecule has 1 heterocycles. The molecule has 1 atom stereocenters. The number of amides is 3. The zero-order chi connectivity index (χ0) is 20.5. The van der Waals surface area contributed by atoms with E-state index in [9.17, 15) is 14.4 Å². The molecule has 0 fully saturated rings. The molecule has 8 nitrogen and oxygen atoms in total. The predicted octanol–water partition coefficient (Wildman–Crippen LogP) is 1.89. The average Bonchev–Trinajstić information content (AvgIpc) is 2.70. The molecule has 2 rings (SSSR count). The van der Waals surface area contributed by atoms with Crippen LogP contribution in [0, 0.1) is 5.92 Å². The number of nitrogens with zero attached hydrogens (tertiary/aromatic N) is 1. The average molecular weight is 456 g/mol. The Morgan fingerprint density at radius 2 is 1.77 bits per heavy atom. The van der Waals surface area contributed by atoms with Crippen molar-refractivity contribution in [1.82, 2.24) is 15.6 Å². The Morgan fingerprint density at radius 3 is 2.40 bits per heavy atom. The maximum atomic E-state index is 12.3. The maximum Gasteiger partial charge on any atom is 0.251 e. The second kappa shape index (κ2) is 13.5. The van der Waals surface area contributed by atoms with Crippen molar-refractivity contribution in [3.05, 3.63) is 59.9 Å². The molecule has 0 aliphatic heterocycles. The molecule has 5 N–H and O–H groups in total. The van der Waals surface area contributed by atoms with Crippen LogP contribution in [-0.4, -0.2) is 35.3 Å². The number of nitrogens with one attached hydrogen (secondary N) is 3. The van der Waals surface area contributed by atoms with Gasteiger partial charge in [-0.25, -0.2) is 0 Å². The Hall–Kier alpha value is -2.68. The van der Waals surface area contributed by atoms with Gasteiger partial charge in [0.25, 0.3) is 5.91 Å². The molecule has 0 aliphatic rings. The van der Waals surface area contributed by atoms with Crippen molar-refractivity contribution in [2.24, 2.45) is 11.7 Å². The lowest BCUT2D eigenvalue weighted by Crippen LogP contribution is -2.46. The van der Waals surface area contributed by atoms with E-state index in [0.29, 0.717) is 17.8 Å². The van der Waals surface area contributed by atoms with Gasteiger partial charge in [-0.15, -0.1) is 24.8 Å². The summed E-state index contributed by atoms with van der Waals surface area (Å²) in [5.41, 5.74) is 7.33. The molecular weight excluding hydrogens is 429 g/mol. The van der Waals surface area contributed by atoms with E-state index in [2.05, 4.69) is 20.9 Å². The van der Waals surface area contributed by atoms with E-state index >= 15 is 0 Å². The van der Waals surface area contributed by atoms with Gasteiger partial charge in [-0.05, 0) is 36.2 Å². The maximum absolute atomic E-state index is 12.3. The van der Waals surface area contributed by atoms with Gasteiger partial charge in [-0.3, -0.25) is 19.4 Å². The number of hydrogen-bond donors (Lipinski definition) is 4. The van der Waals surface area contributed by atoms with Gasteiger partial charge < -0.3 is 21.7 Å². The molecule has 0 radical (unpaired) electrons. The van der Waals surface area contributed by atoms with Gasteiger partial charge in [0.2, 0.25) is 11.8 Å². The molecule has 1 aromatic heterocycles. The minimum atomic E-state index is -0.668. The summed E-state index contributed by atoms with van der Waals surface area (Å²) in [5, 5.41) is 7.92. The van der Waals surface area contributed by atoms with Gasteiger partial charge >= 0.3 is 0 Å². The van der Waals surface area contributed by atoms with Crippen LogP contribution in [0.5, 0.6) is 0 Å². The zero-order valence-electron chi connectivity index (χ0n) is 16.8. The molecular formula is C20H27Cl2N5O3. The standard InChI is InChI=1S/C20H25N5O3.2ClH/c1-13(2)18(21)20(28)24-12-17(26)25-15-8-5-6-14(10-15)19(27)23-11-16-7-3-4-9-22-16;;/h3-10,13,18H,11-12,21H2,1-2H3,(H,23,27)(H,24,28)(H,25,26);2*1H/t18-;;/m0../s1. The van der Waals surface area contributed by atoms with Crippen molar-refractivity contribution >= 4 is 48.2 Å². The predicted molar refractivity (Wildman–Crippen MR) is 121 cm³/mol. The van der Waals surface area contributed by atoms with Crippen molar-refractivity contribution in [3.63, 3.8) is 0 Å². The van der Waals surface area contributed by atoms with E-state index in [1.165, 1.54) is 0 Å². The highest BCUT2D eigenvalue weighted by Gasteiger charge is 2.17. The van der Waals surface area contributed by atoms with Crippen molar-refractivity contribution in [2.75, 3.05) is 11.9 Å². The fourth-order valence-electron chi connectivity index (χ4n) is 2.31. The van der Waals surface area contributed by atoms with Crippen LogP contribution in [0.1, 0.15) is 29.9 Å². The third-order valence-corrected chi connectivity index (χ3v) is 4.01. The minimum absolute atomic E-state index is 0. The molecule has 3 amide bonds. The third-order valence-electron chi connectivity index (χ3n) is 4.01. The molecule has 0 bridgehead atoms. The first-order valence-corrected chi connectivity index (χ1v) is 8.98. The van der Waals surface area contributed by atoms with Crippen molar-refractivity contribution in [2.45, 2.75) is 26.4 Å². The first kappa shape index (κ1) is 27.3. The van der Waals surface area contributed by atoms with Crippen LogP contribution in [0.3, 0.4) is 0 Å². The molecule has 30 heavy (non-hydrogen) atoms. The molecule has 0 spiro atoms. The van der Waals surface area contributed by atoms with Crippen LogP contribution in [-0.2, 0) is 16.1 Å². The van der Waals surface area contributed by atoms with Crippen molar-refractivity contribution in [1.29, 1.82) is 0 Å². The number of nitrogens with two attached hydrogens (primary N) is 1. The van der Waals surface area contributed by atoms with E-state index in [0.717, 1.165) is 5.69 Å². The number of aromatic nitrogens is 1. The third kappa shape index (κ3) is 8.77. The van der Waals surface area contributed by atoms with Crippen molar-refractivity contribution in [3.8, 4) is 0 Å². The summed E-state index contributed by atoms with van der Waals surface area (Å²) in [6.07, 6.45) is 1.66. The molecule has 0 saturated carbocycles. The Bertz CT molecular complexity index is 834. The summed E-state index contributed by atoms with van der Waals surface area (Å²) in [6, 6.07) is 11.3. The Labute approximate surface area is 188 Å². The quantitative estimate of drug-likeness (QED) is 0.483. The lowest BCUT2D eigenvalue weighted by Gasteiger charge is -2.15. The fourth-order valence-corrected chi connectivity index (χ4v) is 2.31. The summed E-state index contributed by atoms with van der Waals surface area (Å²) in [4.78, 5) is 40.3. The molecule has 10 heteroatoms. The van der Waals surface area contributed by atoms with E-state index in [1.807, 2.05) is 26.0 Å². The lowest BCUT2D eigenvalue weighted by atomic mass is 10.1. The zero-order valence-corrected chi connectivity index (χ0v) is 18.4. The number of carbonyl (C=O) groups is 3. The lowest BCUT2D eigenvalue weighted by molar-refractivity contribution is -0.125. The Kier molecular flexibility index (Phi) is 12.3. The van der Waals surface area contributed by atoms with Crippen LogP contribution in [0.15, 0.2) is 48.7 Å². The number of anilines is 1. The van der Waals surface area contributed by atoms with Crippen LogP contribution in [0.2, 0.25) is 0 Å². The van der Waals surface area contributed by atoms with Gasteiger partial charge in [0.05, 0.1) is 24.8 Å². The molecule has 164 valence electrons. The van der Waals surface area contributed by atoms with E-state index in [-0.39, 0.29) is 49.1 Å². The smallest absolute Gasteiger partial charge is 0.251 e. The first-order valence-electron chi connectivity index (χ1n) is 8.98. The van der Waals surface area contributed by atoms with Crippen molar-refractivity contribution < 1.29 is 14.4 Å². The SMILES string of the molecule is CC(C)[C@H](N)C(=O)NCC(=O)Nc1cccc(C(=O)NCc2ccccn2)c1.Cl.Cl. The van der Waals surface area contributed by atoms with Crippen LogP contribution in [0.4, 0.5) is 5.69 Å². The first-order chi connectivity index (χ1) is 13.4. The van der Waals surface area contributed by atoms with Gasteiger partial charge in [-0.2, -0.15) is 0 Å². The van der Waals surface area contributed by atoms with Crippen LogP contribution < -0.4 is 21.7 Å². The normalized spacial score (nSPS) is 10.8. The number of benzene rings is 1. The molecule has 0 saturated heterocycles. The highest BCUT2D eigenvalue weighted by Crippen LogP contribution is 2.11. The van der Waals surface area contributed by atoms with Crippen LogP contribution >= 0.6 is 24.8 Å². The number of carbonyl (C=O) groups excluding carboxylic acids is 3. The Morgan fingerprint density at radius 1 is 1.03 bits per heavy atom. The largest absolute Gasteiger partial charge is 0.346 e. The minimum Gasteiger partial charge on any atom is -0.346 e. The number of pyridine rings is 1. The van der Waals surface area contributed by atoms with Crippen LogP contribution in [0.25, 0.3) is 0 Å². The number of halogens is 2. The van der Waals surface area contributed by atoms with Gasteiger partial charge in [0, 0.05) is 17.4 Å². The summed E-state index contributed by atoms with van der Waals surface area (Å²) in [6.45, 7) is 3.76.